The van der Waals surface area contributed by atoms with E-state index < -0.39 is 0 Å². The van der Waals surface area contributed by atoms with Gasteiger partial charge in [0.25, 0.3) is 0 Å². The lowest BCUT2D eigenvalue weighted by molar-refractivity contribution is 0.258. The lowest BCUT2D eigenvalue weighted by atomic mass is 10.2. The van der Waals surface area contributed by atoms with Gasteiger partial charge in [-0.25, -0.2) is 0 Å². The number of aromatic nitrogens is 3. The van der Waals surface area contributed by atoms with Crippen LogP contribution in [0.2, 0.25) is 5.02 Å². The van der Waals surface area contributed by atoms with Gasteiger partial charge in [-0.2, -0.15) is 0 Å². The molecule has 1 aromatic heterocycles. The van der Waals surface area contributed by atoms with Crippen molar-refractivity contribution in [3.05, 3.63) is 64.4 Å². The number of hydrogen-bond donors (Lipinski definition) is 0. The molecule has 28 heavy (non-hydrogen) atoms. The molecule has 0 fully saturated rings. The van der Waals surface area contributed by atoms with Crippen LogP contribution in [0.4, 0.5) is 0 Å². The maximum Gasteiger partial charge on any atom is 0.191 e. The molecule has 3 rings (SSSR count). The molecule has 0 amide bonds. The molecule has 0 radical (unpaired) electrons. The van der Waals surface area contributed by atoms with Crippen LogP contribution in [0.5, 0.6) is 11.5 Å². The summed E-state index contributed by atoms with van der Waals surface area (Å²) in [5, 5.41) is 10.3. The van der Waals surface area contributed by atoms with Gasteiger partial charge in [0.2, 0.25) is 0 Å². The largest absolute Gasteiger partial charge is 0.490 e. The summed E-state index contributed by atoms with van der Waals surface area (Å²) in [5.74, 6) is 3.07. The van der Waals surface area contributed by atoms with Crippen molar-refractivity contribution >= 4 is 23.4 Å². The zero-order valence-corrected chi connectivity index (χ0v) is 17.9. The van der Waals surface area contributed by atoms with Gasteiger partial charge in [-0.1, -0.05) is 41.6 Å². The maximum absolute atomic E-state index is 5.99. The van der Waals surface area contributed by atoms with Crippen molar-refractivity contribution in [2.24, 2.45) is 0 Å². The zero-order valence-electron chi connectivity index (χ0n) is 16.3. The summed E-state index contributed by atoms with van der Waals surface area (Å²) in [6, 6.07) is 13.8. The molecular formula is C21H24ClN3O2S. The highest BCUT2D eigenvalue weighted by Gasteiger charge is 2.13. The average molecular weight is 418 g/mol. The van der Waals surface area contributed by atoms with Crippen molar-refractivity contribution in [2.75, 3.05) is 6.61 Å². The van der Waals surface area contributed by atoms with Crippen molar-refractivity contribution in [3.8, 4) is 11.5 Å². The highest BCUT2D eigenvalue weighted by atomic mass is 35.5. The molecule has 0 atom stereocenters. The van der Waals surface area contributed by atoms with E-state index in [1.807, 2.05) is 56.3 Å². The Balaban J connectivity index is 1.67. The number of nitrogens with zero attached hydrogens (tertiary/aromatic N) is 3. The van der Waals surface area contributed by atoms with E-state index in [4.69, 9.17) is 21.1 Å². The van der Waals surface area contributed by atoms with Crippen LogP contribution in [0, 0.1) is 6.92 Å². The van der Waals surface area contributed by atoms with Gasteiger partial charge in [-0.3, -0.25) is 0 Å². The summed E-state index contributed by atoms with van der Waals surface area (Å²) in [7, 11) is 0. The average Bonchev–Trinajstić information content (AvgIpc) is 3.09. The van der Waals surface area contributed by atoms with Crippen LogP contribution in [0.1, 0.15) is 30.8 Å². The van der Waals surface area contributed by atoms with Crippen LogP contribution in [0.15, 0.2) is 47.6 Å². The topological polar surface area (TPSA) is 49.2 Å². The second-order valence-electron chi connectivity index (χ2n) is 6.23. The van der Waals surface area contributed by atoms with E-state index in [0.717, 1.165) is 39.6 Å². The van der Waals surface area contributed by atoms with E-state index in [-0.39, 0.29) is 0 Å². The van der Waals surface area contributed by atoms with E-state index in [1.54, 1.807) is 11.8 Å². The van der Waals surface area contributed by atoms with Gasteiger partial charge in [-0.05, 0) is 56.2 Å². The highest BCUT2D eigenvalue weighted by molar-refractivity contribution is 7.98. The first-order valence-electron chi connectivity index (χ1n) is 9.26. The van der Waals surface area contributed by atoms with Gasteiger partial charge in [0.15, 0.2) is 22.5 Å². The van der Waals surface area contributed by atoms with E-state index in [1.165, 1.54) is 5.56 Å². The zero-order chi connectivity index (χ0) is 19.9. The van der Waals surface area contributed by atoms with Crippen LogP contribution in [-0.2, 0) is 18.9 Å². The molecule has 0 aliphatic rings. The lowest BCUT2D eigenvalue weighted by Crippen LogP contribution is -2.08. The maximum atomic E-state index is 5.99. The minimum absolute atomic E-state index is 0.339. The quantitative estimate of drug-likeness (QED) is 0.428. The molecule has 1 heterocycles. The van der Waals surface area contributed by atoms with Gasteiger partial charge in [0, 0.05) is 17.3 Å². The molecule has 0 aliphatic heterocycles. The summed E-state index contributed by atoms with van der Waals surface area (Å²) < 4.78 is 13.8. The van der Waals surface area contributed by atoms with E-state index in [0.29, 0.717) is 19.0 Å². The fourth-order valence-electron chi connectivity index (χ4n) is 2.72. The Bertz CT molecular complexity index is 913. The van der Waals surface area contributed by atoms with Crippen LogP contribution in [0.3, 0.4) is 0 Å². The van der Waals surface area contributed by atoms with Crippen molar-refractivity contribution in [2.45, 2.75) is 44.8 Å². The Morgan fingerprint density at radius 1 is 1.00 bits per heavy atom. The van der Waals surface area contributed by atoms with Crippen molar-refractivity contribution < 1.29 is 9.47 Å². The first kappa shape index (κ1) is 20.6. The fraction of sp³-hybridized carbons (Fsp3) is 0.333. The molecule has 0 saturated carbocycles. The van der Waals surface area contributed by atoms with Crippen LogP contribution in [0.25, 0.3) is 0 Å². The summed E-state index contributed by atoms with van der Waals surface area (Å²) in [4.78, 5) is 0. The third kappa shape index (κ3) is 5.20. The van der Waals surface area contributed by atoms with Crippen molar-refractivity contribution in [1.29, 1.82) is 0 Å². The number of aryl methyl sites for hydroxylation is 1. The molecule has 0 unspecified atom stereocenters. The summed E-state index contributed by atoms with van der Waals surface area (Å²) in [6.07, 6.45) is 0. The molecular weight excluding hydrogens is 394 g/mol. The fourth-order valence-corrected chi connectivity index (χ4v) is 3.83. The first-order valence-corrected chi connectivity index (χ1v) is 10.6. The summed E-state index contributed by atoms with van der Waals surface area (Å²) in [5.41, 5.74) is 2.33. The third-order valence-corrected chi connectivity index (χ3v) is 5.44. The molecule has 7 heteroatoms. The predicted molar refractivity (Wildman–Crippen MR) is 113 cm³/mol. The van der Waals surface area contributed by atoms with Gasteiger partial charge in [0.1, 0.15) is 6.61 Å². The molecule has 0 aliphatic carbocycles. The van der Waals surface area contributed by atoms with Gasteiger partial charge >= 0.3 is 0 Å². The second kappa shape index (κ2) is 9.85. The summed E-state index contributed by atoms with van der Waals surface area (Å²) in [6.45, 7) is 7.79. The number of rotatable bonds is 9. The Hall–Kier alpha value is -2.18. The molecule has 0 saturated heterocycles. The van der Waals surface area contributed by atoms with E-state index >= 15 is 0 Å². The monoisotopic (exact) mass is 417 g/mol. The Kier molecular flexibility index (Phi) is 7.23. The molecule has 148 valence electrons. The lowest BCUT2D eigenvalue weighted by Gasteiger charge is -2.13. The third-order valence-electron chi connectivity index (χ3n) is 4.15. The van der Waals surface area contributed by atoms with E-state index in [9.17, 15) is 0 Å². The second-order valence-corrected chi connectivity index (χ2v) is 7.61. The normalized spacial score (nSPS) is 10.9. The minimum atomic E-state index is 0.339. The van der Waals surface area contributed by atoms with Gasteiger partial charge in [-0.15, -0.1) is 10.2 Å². The highest BCUT2D eigenvalue weighted by Crippen LogP contribution is 2.29. The van der Waals surface area contributed by atoms with Gasteiger partial charge in [0.05, 0.1) is 6.61 Å². The summed E-state index contributed by atoms with van der Waals surface area (Å²) >= 11 is 7.60. The Morgan fingerprint density at radius 3 is 2.50 bits per heavy atom. The minimum Gasteiger partial charge on any atom is -0.490 e. The van der Waals surface area contributed by atoms with Crippen LogP contribution < -0.4 is 9.47 Å². The van der Waals surface area contributed by atoms with Crippen LogP contribution in [-0.4, -0.2) is 21.4 Å². The number of ether oxygens (including phenoxy) is 2. The first-order chi connectivity index (χ1) is 13.6. The molecule has 0 N–H and O–H groups in total. The molecule has 5 nitrogen and oxygen atoms in total. The molecule has 2 aromatic carbocycles. The van der Waals surface area contributed by atoms with Gasteiger partial charge < -0.3 is 14.0 Å². The van der Waals surface area contributed by atoms with Crippen molar-refractivity contribution in [3.63, 3.8) is 0 Å². The number of halogens is 1. The number of benzene rings is 2. The predicted octanol–water partition coefficient (Wildman–Crippen LogP) is 5.53. The molecule has 0 spiro atoms. The Labute approximate surface area is 175 Å². The Morgan fingerprint density at radius 2 is 1.79 bits per heavy atom. The van der Waals surface area contributed by atoms with E-state index in [2.05, 4.69) is 21.7 Å². The SMILES string of the molecule is CCOc1cc(C)ccc1OCc1nnc(SCc2ccc(Cl)cc2)n1CC. The standard InChI is InChI=1S/C21H24ClN3O2S/c1-4-25-20(13-27-18-11-6-15(3)12-19(18)26-5-2)23-24-21(25)28-14-16-7-9-17(22)10-8-16/h6-12H,4-5,13-14H2,1-3H3. The number of thioether (sulfide) groups is 1. The molecule has 0 bridgehead atoms. The molecule has 3 aromatic rings. The smallest absolute Gasteiger partial charge is 0.191 e. The van der Waals surface area contributed by atoms with Crippen LogP contribution >= 0.6 is 23.4 Å². The van der Waals surface area contributed by atoms with Crippen molar-refractivity contribution in [1.82, 2.24) is 14.8 Å². The number of hydrogen-bond acceptors (Lipinski definition) is 5.